The van der Waals surface area contributed by atoms with Crippen LogP contribution in [0.3, 0.4) is 0 Å². The van der Waals surface area contributed by atoms with Gasteiger partial charge >= 0.3 is 12.1 Å². The van der Waals surface area contributed by atoms with E-state index in [1.165, 1.54) is 7.11 Å². The Kier molecular flexibility index (Phi) is 5.01. The van der Waals surface area contributed by atoms with Gasteiger partial charge in [0.05, 0.1) is 7.11 Å². The van der Waals surface area contributed by atoms with E-state index in [0.717, 1.165) is 0 Å². The minimum absolute atomic E-state index is 0.484. The van der Waals surface area contributed by atoms with Crippen molar-refractivity contribution in [2.75, 3.05) is 7.11 Å². The number of hydrogen-bond donors (Lipinski definition) is 1. The van der Waals surface area contributed by atoms with Crippen LogP contribution in [0, 0.1) is 0 Å². The lowest BCUT2D eigenvalue weighted by molar-refractivity contribution is -0.142. The molecule has 0 aromatic rings. The van der Waals surface area contributed by atoms with E-state index in [0.29, 0.717) is 5.57 Å². The molecule has 0 aromatic carbocycles. The van der Waals surface area contributed by atoms with Crippen LogP contribution in [-0.4, -0.2) is 30.8 Å². The number of carbonyl (C=O) groups is 2. The molecule has 0 saturated heterocycles. The van der Waals surface area contributed by atoms with Crippen molar-refractivity contribution in [1.29, 1.82) is 0 Å². The molecular formula is C11H19NO4. The quantitative estimate of drug-likeness (QED) is 0.590. The van der Waals surface area contributed by atoms with Crippen molar-refractivity contribution in [3.63, 3.8) is 0 Å². The normalized spacial score (nSPS) is 12.6. The molecule has 0 fully saturated rings. The summed E-state index contributed by atoms with van der Waals surface area (Å²) in [7, 11) is 1.25. The van der Waals surface area contributed by atoms with Crippen molar-refractivity contribution < 1.29 is 19.1 Å². The van der Waals surface area contributed by atoms with Crippen LogP contribution in [0.1, 0.15) is 27.7 Å². The second-order valence-electron chi connectivity index (χ2n) is 4.45. The second kappa shape index (κ2) is 5.53. The fraction of sp³-hybridized carbons (Fsp3) is 0.636. The average Bonchev–Trinajstić information content (AvgIpc) is 2.09. The predicted octanol–water partition coefficient (Wildman–Crippen LogP) is 1.63. The summed E-state index contributed by atoms with van der Waals surface area (Å²) in [4.78, 5) is 22.7. The Morgan fingerprint density at radius 2 is 1.81 bits per heavy atom. The van der Waals surface area contributed by atoms with Crippen molar-refractivity contribution in [2.24, 2.45) is 0 Å². The number of hydrogen-bond acceptors (Lipinski definition) is 4. The van der Waals surface area contributed by atoms with Crippen molar-refractivity contribution >= 4 is 12.1 Å². The van der Waals surface area contributed by atoms with Gasteiger partial charge in [-0.05, 0) is 33.3 Å². The van der Waals surface area contributed by atoms with E-state index >= 15 is 0 Å². The molecule has 0 bridgehead atoms. The Morgan fingerprint density at radius 3 is 2.12 bits per heavy atom. The summed E-state index contributed by atoms with van der Waals surface area (Å²) in [6.45, 7) is 10.4. The molecule has 1 N–H and O–H groups in total. The van der Waals surface area contributed by atoms with Crippen LogP contribution < -0.4 is 5.32 Å². The molecule has 0 radical (unpaired) electrons. The van der Waals surface area contributed by atoms with Crippen LogP contribution in [0.15, 0.2) is 12.2 Å². The summed E-state index contributed by atoms with van der Waals surface area (Å²) in [5, 5.41) is 2.39. The number of amides is 1. The minimum atomic E-state index is -0.875. The number of alkyl carbamates (subject to hydrolysis) is 1. The zero-order chi connectivity index (χ0) is 12.9. The summed E-state index contributed by atoms with van der Waals surface area (Å²) in [5.74, 6) is -0.571. The SMILES string of the molecule is C=C(C)[C@H](NC(=O)OC(C)(C)C)C(=O)OC. The molecule has 0 aliphatic heterocycles. The van der Waals surface area contributed by atoms with E-state index in [2.05, 4.69) is 16.6 Å². The maximum atomic E-state index is 11.4. The molecule has 16 heavy (non-hydrogen) atoms. The first kappa shape index (κ1) is 14.5. The molecule has 0 aromatic heterocycles. The zero-order valence-electron chi connectivity index (χ0n) is 10.4. The Morgan fingerprint density at radius 1 is 1.31 bits per heavy atom. The average molecular weight is 229 g/mol. The molecule has 0 aliphatic carbocycles. The van der Waals surface area contributed by atoms with E-state index in [9.17, 15) is 9.59 Å². The molecule has 1 amide bonds. The Bertz CT molecular complexity index is 291. The first-order valence-corrected chi connectivity index (χ1v) is 4.90. The molecule has 0 rings (SSSR count). The van der Waals surface area contributed by atoms with Gasteiger partial charge in [0.15, 0.2) is 6.04 Å². The van der Waals surface area contributed by atoms with Crippen molar-refractivity contribution in [3.05, 3.63) is 12.2 Å². The van der Waals surface area contributed by atoms with Gasteiger partial charge in [-0.1, -0.05) is 6.58 Å². The third-order valence-electron chi connectivity index (χ3n) is 1.59. The van der Waals surface area contributed by atoms with Crippen molar-refractivity contribution in [1.82, 2.24) is 5.32 Å². The molecule has 5 heteroatoms. The number of nitrogens with one attached hydrogen (secondary N) is 1. The van der Waals surface area contributed by atoms with Gasteiger partial charge in [-0.3, -0.25) is 0 Å². The van der Waals surface area contributed by atoms with Gasteiger partial charge in [0, 0.05) is 0 Å². The maximum Gasteiger partial charge on any atom is 0.408 e. The van der Waals surface area contributed by atoms with Crippen LogP contribution in [0.25, 0.3) is 0 Å². The first-order valence-electron chi connectivity index (χ1n) is 4.90. The van der Waals surface area contributed by atoms with Crippen LogP contribution in [0.4, 0.5) is 4.79 Å². The predicted molar refractivity (Wildman–Crippen MR) is 60.0 cm³/mol. The zero-order valence-corrected chi connectivity index (χ0v) is 10.4. The maximum absolute atomic E-state index is 11.4. The Labute approximate surface area is 95.8 Å². The molecule has 92 valence electrons. The van der Waals surface area contributed by atoms with Gasteiger partial charge in [0.1, 0.15) is 5.60 Å². The van der Waals surface area contributed by atoms with Crippen molar-refractivity contribution in [3.8, 4) is 0 Å². The highest BCUT2D eigenvalue weighted by atomic mass is 16.6. The smallest absolute Gasteiger partial charge is 0.408 e. The summed E-state index contributed by atoms with van der Waals surface area (Å²) >= 11 is 0. The topological polar surface area (TPSA) is 64.6 Å². The highest BCUT2D eigenvalue weighted by molar-refractivity contribution is 5.84. The Balaban J connectivity index is 4.48. The number of esters is 1. The fourth-order valence-corrected chi connectivity index (χ4v) is 0.927. The van der Waals surface area contributed by atoms with E-state index in [-0.39, 0.29) is 0 Å². The molecule has 0 unspecified atom stereocenters. The number of rotatable bonds is 3. The fourth-order valence-electron chi connectivity index (χ4n) is 0.927. The van der Waals surface area contributed by atoms with E-state index in [1.807, 2.05) is 0 Å². The molecule has 5 nitrogen and oxygen atoms in total. The van der Waals surface area contributed by atoms with Crippen LogP contribution in [-0.2, 0) is 14.3 Å². The van der Waals surface area contributed by atoms with Crippen LogP contribution >= 0.6 is 0 Å². The van der Waals surface area contributed by atoms with Gasteiger partial charge in [-0.25, -0.2) is 9.59 Å². The highest BCUT2D eigenvalue weighted by Gasteiger charge is 2.25. The summed E-state index contributed by atoms with van der Waals surface area (Å²) < 4.78 is 9.55. The Hall–Kier alpha value is -1.52. The lowest BCUT2D eigenvalue weighted by Crippen LogP contribution is -2.44. The monoisotopic (exact) mass is 229 g/mol. The van der Waals surface area contributed by atoms with Gasteiger partial charge in [0.2, 0.25) is 0 Å². The second-order valence-corrected chi connectivity index (χ2v) is 4.45. The van der Waals surface area contributed by atoms with Crippen LogP contribution in [0.5, 0.6) is 0 Å². The lowest BCUT2D eigenvalue weighted by atomic mass is 10.1. The van der Waals surface area contributed by atoms with Gasteiger partial charge in [-0.15, -0.1) is 0 Å². The van der Waals surface area contributed by atoms with E-state index < -0.39 is 23.7 Å². The summed E-state index contributed by atoms with van der Waals surface area (Å²) in [6.07, 6.45) is -0.675. The molecule has 0 aliphatic rings. The highest BCUT2D eigenvalue weighted by Crippen LogP contribution is 2.08. The standard InChI is InChI=1S/C11H19NO4/c1-7(2)8(9(13)15-6)12-10(14)16-11(3,4)5/h8H,1H2,2-6H3,(H,12,14)/t8-/m0/s1. The van der Waals surface area contributed by atoms with Crippen molar-refractivity contribution in [2.45, 2.75) is 39.3 Å². The van der Waals surface area contributed by atoms with E-state index in [4.69, 9.17) is 4.74 Å². The molecular weight excluding hydrogens is 210 g/mol. The number of ether oxygens (including phenoxy) is 2. The first-order chi connectivity index (χ1) is 7.17. The summed E-state index contributed by atoms with van der Waals surface area (Å²) in [5.41, 5.74) is -0.127. The minimum Gasteiger partial charge on any atom is -0.467 e. The van der Waals surface area contributed by atoms with Crippen LogP contribution in [0.2, 0.25) is 0 Å². The number of carbonyl (C=O) groups excluding carboxylic acids is 2. The third-order valence-corrected chi connectivity index (χ3v) is 1.59. The summed E-state index contributed by atoms with van der Waals surface area (Å²) in [6, 6.07) is -0.875. The lowest BCUT2D eigenvalue weighted by Gasteiger charge is -2.22. The molecule has 0 saturated carbocycles. The van der Waals surface area contributed by atoms with E-state index in [1.54, 1.807) is 27.7 Å². The number of methoxy groups -OCH3 is 1. The molecule has 1 atom stereocenters. The van der Waals surface area contributed by atoms with Gasteiger partial charge in [0.25, 0.3) is 0 Å². The molecule has 0 heterocycles. The third kappa shape index (κ3) is 5.38. The largest absolute Gasteiger partial charge is 0.467 e. The molecule has 0 spiro atoms. The van der Waals surface area contributed by atoms with Gasteiger partial charge < -0.3 is 14.8 Å². The van der Waals surface area contributed by atoms with Gasteiger partial charge in [-0.2, -0.15) is 0 Å².